The molecule has 0 aliphatic carbocycles. The minimum Gasteiger partial charge on any atom is -0.480 e. The largest absolute Gasteiger partial charge is 0.480 e. The number of carboxylic acid groups (broad SMARTS) is 1. The van der Waals surface area contributed by atoms with Crippen molar-refractivity contribution in [3.8, 4) is 0 Å². The molecule has 0 amide bonds. The summed E-state index contributed by atoms with van der Waals surface area (Å²) in [5, 5.41) is 11.3. The van der Waals surface area contributed by atoms with E-state index in [4.69, 9.17) is 16.6 Å². The molecule has 16 heavy (non-hydrogen) atoms. The van der Waals surface area contributed by atoms with Crippen LogP contribution in [0.15, 0.2) is 4.99 Å². The van der Waals surface area contributed by atoms with Gasteiger partial charge in [-0.15, -0.1) is 0 Å². The van der Waals surface area contributed by atoms with E-state index in [1.165, 1.54) is 6.92 Å². The van der Waals surface area contributed by atoms with Gasteiger partial charge in [0, 0.05) is 6.54 Å². The highest BCUT2D eigenvalue weighted by Gasteiger charge is 2.09. The monoisotopic (exact) mass is 230 g/mol. The van der Waals surface area contributed by atoms with E-state index in [0.29, 0.717) is 19.4 Å². The summed E-state index contributed by atoms with van der Waals surface area (Å²) in [5.74, 6) is -0.907. The number of guanidine groups is 1. The molecule has 0 aromatic rings. The third-order valence-electron chi connectivity index (χ3n) is 1.79. The molecule has 1 atom stereocenters. The summed E-state index contributed by atoms with van der Waals surface area (Å²) in [4.78, 5) is 24.7. The summed E-state index contributed by atoms with van der Waals surface area (Å²) >= 11 is 0. The standard InChI is InChI=1S/C9H18N4O3/c1-6(14)5-13-9(11)12-4-2-3-7(10)8(15)16/h7H,2-5,10H2,1H3,(H,15,16)(H3,11,12,13). The molecule has 0 aromatic carbocycles. The van der Waals surface area contributed by atoms with Gasteiger partial charge in [-0.1, -0.05) is 0 Å². The van der Waals surface area contributed by atoms with Crippen LogP contribution in [0.3, 0.4) is 0 Å². The second-order valence-electron chi connectivity index (χ2n) is 3.42. The zero-order chi connectivity index (χ0) is 12.6. The fourth-order valence-corrected chi connectivity index (χ4v) is 0.914. The second-order valence-corrected chi connectivity index (χ2v) is 3.42. The third kappa shape index (κ3) is 7.74. The lowest BCUT2D eigenvalue weighted by Gasteiger charge is -2.07. The van der Waals surface area contributed by atoms with Crippen LogP contribution < -0.4 is 16.8 Å². The molecular formula is C9H18N4O3. The van der Waals surface area contributed by atoms with Crippen molar-refractivity contribution in [2.45, 2.75) is 25.8 Å². The van der Waals surface area contributed by atoms with Crippen LogP contribution in [-0.4, -0.2) is 41.9 Å². The molecule has 0 bridgehead atoms. The number of Topliss-reactive ketones (excluding diaryl/α,β-unsaturated/α-hetero) is 1. The molecule has 0 spiro atoms. The van der Waals surface area contributed by atoms with Crippen molar-refractivity contribution in [2.75, 3.05) is 13.1 Å². The smallest absolute Gasteiger partial charge is 0.320 e. The first-order valence-corrected chi connectivity index (χ1v) is 4.95. The summed E-state index contributed by atoms with van der Waals surface area (Å²) in [6.07, 6.45) is 0.937. The Hall–Kier alpha value is -1.63. The van der Waals surface area contributed by atoms with Gasteiger partial charge in [0.05, 0.1) is 0 Å². The van der Waals surface area contributed by atoms with Gasteiger partial charge < -0.3 is 21.9 Å². The van der Waals surface area contributed by atoms with Crippen molar-refractivity contribution in [1.82, 2.24) is 5.32 Å². The van der Waals surface area contributed by atoms with Gasteiger partial charge in [0.25, 0.3) is 0 Å². The highest BCUT2D eigenvalue weighted by Crippen LogP contribution is 1.92. The van der Waals surface area contributed by atoms with Crippen LogP contribution in [0.5, 0.6) is 0 Å². The van der Waals surface area contributed by atoms with Gasteiger partial charge in [0.2, 0.25) is 0 Å². The Morgan fingerprint density at radius 2 is 2.12 bits per heavy atom. The number of carbonyl (C=O) groups excluding carboxylic acids is 1. The van der Waals surface area contributed by atoms with E-state index in [0.717, 1.165) is 0 Å². The van der Waals surface area contributed by atoms with Crippen molar-refractivity contribution in [3.63, 3.8) is 0 Å². The van der Waals surface area contributed by atoms with Crippen molar-refractivity contribution in [1.29, 1.82) is 0 Å². The molecule has 0 fully saturated rings. The predicted octanol–water partition coefficient (Wildman–Crippen LogP) is -1.33. The molecule has 0 aromatic heterocycles. The van der Waals surface area contributed by atoms with Crippen molar-refractivity contribution in [2.24, 2.45) is 16.5 Å². The first-order valence-electron chi connectivity index (χ1n) is 4.95. The zero-order valence-electron chi connectivity index (χ0n) is 9.27. The van der Waals surface area contributed by atoms with Gasteiger partial charge in [-0.25, -0.2) is 4.99 Å². The molecule has 0 aliphatic heterocycles. The number of aliphatic carboxylic acids is 1. The van der Waals surface area contributed by atoms with Crippen LogP contribution in [0.1, 0.15) is 19.8 Å². The number of hydrogen-bond acceptors (Lipinski definition) is 4. The molecule has 0 saturated heterocycles. The Balaban J connectivity index is 3.62. The number of nitrogens with zero attached hydrogens (tertiary/aromatic N) is 1. The second kappa shape index (κ2) is 7.63. The highest BCUT2D eigenvalue weighted by molar-refractivity contribution is 5.83. The van der Waals surface area contributed by atoms with Gasteiger partial charge in [0.15, 0.2) is 11.7 Å². The van der Waals surface area contributed by atoms with Crippen LogP contribution in [0.25, 0.3) is 0 Å². The number of nitrogens with one attached hydrogen (secondary N) is 1. The summed E-state index contributed by atoms with van der Waals surface area (Å²) in [6, 6.07) is -0.850. The lowest BCUT2D eigenvalue weighted by Crippen LogP contribution is -2.35. The lowest BCUT2D eigenvalue weighted by molar-refractivity contribution is -0.138. The van der Waals surface area contributed by atoms with E-state index in [9.17, 15) is 9.59 Å². The van der Waals surface area contributed by atoms with Crippen molar-refractivity contribution < 1.29 is 14.7 Å². The topological polar surface area (TPSA) is 131 Å². The quantitative estimate of drug-likeness (QED) is 0.243. The number of hydrogen-bond donors (Lipinski definition) is 4. The maximum atomic E-state index is 10.6. The fraction of sp³-hybridized carbons (Fsp3) is 0.667. The molecule has 0 aliphatic rings. The molecule has 7 heteroatoms. The first kappa shape index (κ1) is 14.4. The van der Waals surface area contributed by atoms with Gasteiger partial charge in [-0.05, 0) is 19.8 Å². The Morgan fingerprint density at radius 1 is 1.50 bits per heavy atom. The zero-order valence-corrected chi connectivity index (χ0v) is 9.27. The summed E-state index contributed by atoms with van der Waals surface area (Å²) in [6.45, 7) is 1.95. The number of ketones is 1. The predicted molar refractivity (Wildman–Crippen MR) is 60.0 cm³/mol. The summed E-state index contributed by atoms with van der Waals surface area (Å²) in [5.41, 5.74) is 10.7. The average Bonchev–Trinajstić information content (AvgIpc) is 2.20. The molecular weight excluding hydrogens is 212 g/mol. The molecule has 92 valence electrons. The van der Waals surface area contributed by atoms with E-state index in [2.05, 4.69) is 10.3 Å². The third-order valence-corrected chi connectivity index (χ3v) is 1.79. The van der Waals surface area contributed by atoms with Gasteiger partial charge in [0.1, 0.15) is 12.6 Å². The Labute approximate surface area is 93.9 Å². The molecule has 6 N–H and O–H groups in total. The van der Waals surface area contributed by atoms with Gasteiger partial charge in [-0.2, -0.15) is 0 Å². The molecule has 0 rings (SSSR count). The Morgan fingerprint density at radius 3 is 2.62 bits per heavy atom. The number of aliphatic imine (C=N–C) groups is 1. The number of rotatable bonds is 7. The molecule has 1 unspecified atom stereocenters. The van der Waals surface area contributed by atoms with Crippen LogP contribution in [0.4, 0.5) is 0 Å². The maximum Gasteiger partial charge on any atom is 0.320 e. The van der Waals surface area contributed by atoms with Crippen LogP contribution in [-0.2, 0) is 9.59 Å². The van der Waals surface area contributed by atoms with Gasteiger partial charge in [-0.3, -0.25) is 9.59 Å². The minimum atomic E-state index is -1.02. The highest BCUT2D eigenvalue weighted by atomic mass is 16.4. The van der Waals surface area contributed by atoms with E-state index in [1.807, 2.05) is 0 Å². The van der Waals surface area contributed by atoms with E-state index < -0.39 is 12.0 Å². The van der Waals surface area contributed by atoms with Crippen LogP contribution in [0, 0.1) is 0 Å². The van der Waals surface area contributed by atoms with Crippen molar-refractivity contribution >= 4 is 17.7 Å². The molecule has 7 nitrogen and oxygen atoms in total. The minimum absolute atomic E-state index is 0.0491. The van der Waals surface area contributed by atoms with Crippen LogP contribution in [0.2, 0.25) is 0 Å². The van der Waals surface area contributed by atoms with Crippen LogP contribution >= 0.6 is 0 Å². The fourth-order valence-electron chi connectivity index (χ4n) is 0.914. The lowest BCUT2D eigenvalue weighted by atomic mass is 10.2. The van der Waals surface area contributed by atoms with Gasteiger partial charge >= 0.3 is 5.97 Å². The number of carbonyl (C=O) groups is 2. The number of carboxylic acids is 1. The average molecular weight is 230 g/mol. The summed E-state index contributed by atoms with van der Waals surface area (Å²) in [7, 11) is 0. The van der Waals surface area contributed by atoms with E-state index in [1.54, 1.807) is 0 Å². The first-order chi connectivity index (χ1) is 7.43. The SMILES string of the molecule is CC(=O)CN=C(N)NCCCC(N)C(=O)O. The Bertz CT molecular complexity index is 278. The molecule has 0 heterocycles. The summed E-state index contributed by atoms with van der Waals surface area (Å²) < 4.78 is 0. The molecule has 0 radical (unpaired) electrons. The maximum absolute atomic E-state index is 10.6. The van der Waals surface area contributed by atoms with Crippen molar-refractivity contribution in [3.05, 3.63) is 0 Å². The normalized spacial score (nSPS) is 13.2. The van der Waals surface area contributed by atoms with E-state index in [-0.39, 0.29) is 18.3 Å². The Kier molecular flexibility index (Phi) is 6.86. The number of nitrogens with two attached hydrogens (primary N) is 2. The van der Waals surface area contributed by atoms with E-state index >= 15 is 0 Å². The molecule has 0 saturated carbocycles.